The van der Waals surface area contributed by atoms with Crippen molar-refractivity contribution >= 4 is 17.9 Å². The Hall–Kier alpha value is -2.64. The summed E-state index contributed by atoms with van der Waals surface area (Å²) in [4.78, 5) is 45.7. The summed E-state index contributed by atoms with van der Waals surface area (Å²) in [6.45, 7) is 2.67. The van der Waals surface area contributed by atoms with E-state index in [0.717, 1.165) is 0 Å². The normalized spacial score (nSPS) is 25.0. The number of hydrogen-bond acceptors (Lipinski definition) is 4. The maximum atomic E-state index is 12.8. The molecule has 0 unspecified atom stereocenters. The van der Waals surface area contributed by atoms with Crippen LogP contribution in [-0.4, -0.2) is 83.0 Å². The van der Waals surface area contributed by atoms with Gasteiger partial charge in [-0.15, -0.1) is 0 Å². The van der Waals surface area contributed by atoms with Crippen LogP contribution in [0.25, 0.3) is 0 Å². The van der Waals surface area contributed by atoms with Gasteiger partial charge in [0.25, 0.3) is 5.91 Å². The van der Waals surface area contributed by atoms with E-state index >= 15 is 0 Å². The molecule has 1 N–H and O–H groups in total. The molecule has 25 heavy (non-hydrogen) atoms. The molecule has 1 aromatic rings. The molecule has 3 amide bonds. The molecule has 8 heteroatoms. The topological polar surface area (TPSA) is 94.1 Å². The molecule has 0 spiro atoms. The molecule has 0 bridgehead atoms. The van der Waals surface area contributed by atoms with Crippen molar-refractivity contribution in [2.75, 3.05) is 40.3 Å². The molecule has 1 aromatic heterocycles. The van der Waals surface area contributed by atoms with Gasteiger partial charge in [-0.25, -0.2) is 4.79 Å². The van der Waals surface area contributed by atoms with Gasteiger partial charge in [-0.3, -0.25) is 14.6 Å². The van der Waals surface area contributed by atoms with Gasteiger partial charge >= 0.3 is 12.0 Å². The SMILES string of the molecule is Cc1ncccc1C(=O)N1C[C@@H]2CN(C(=O)N(C)C)C[C@]2(C(=O)O)C1. The lowest BCUT2D eigenvalue weighted by atomic mass is 9.81. The van der Waals surface area contributed by atoms with Crippen molar-refractivity contribution in [3.05, 3.63) is 29.6 Å². The molecule has 2 saturated heterocycles. The van der Waals surface area contributed by atoms with Gasteiger partial charge in [0.2, 0.25) is 0 Å². The number of rotatable bonds is 2. The first-order valence-corrected chi connectivity index (χ1v) is 8.17. The van der Waals surface area contributed by atoms with Crippen molar-refractivity contribution in [1.82, 2.24) is 19.7 Å². The van der Waals surface area contributed by atoms with Crippen LogP contribution in [0.2, 0.25) is 0 Å². The zero-order chi connectivity index (χ0) is 18.4. The number of nitrogens with zero attached hydrogens (tertiary/aromatic N) is 4. The second kappa shape index (κ2) is 6.02. The molecular weight excluding hydrogens is 324 g/mol. The smallest absolute Gasteiger partial charge is 0.319 e. The van der Waals surface area contributed by atoms with Crippen molar-refractivity contribution in [1.29, 1.82) is 0 Å². The molecule has 0 saturated carbocycles. The van der Waals surface area contributed by atoms with Crippen LogP contribution in [0.5, 0.6) is 0 Å². The van der Waals surface area contributed by atoms with Crippen LogP contribution in [0.15, 0.2) is 18.3 Å². The summed E-state index contributed by atoms with van der Waals surface area (Å²) in [5.41, 5.74) is 0.0137. The first-order chi connectivity index (χ1) is 11.8. The third-order valence-electron chi connectivity index (χ3n) is 5.21. The van der Waals surface area contributed by atoms with Crippen LogP contribution in [0, 0.1) is 18.3 Å². The lowest BCUT2D eigenvalue weighted by molar-refractivity contribution is -0.148. The standard InChI is InChI=1S/C17H22N4O4/c1-11-13(5-4-6-18-11)14(22)20-7-12-8-21(16(25)19(2)3)10-17(12,9-20)15(23)24/h4-6,12H,7-10H2,1-3H3,(H,23,24)/t12-,17-/m1/s1. The minimum atomic E-state index is -1.10. The fraction of sp³-hybridized carbons (Fsp3) is 0.529. The summed E-state index contributed by atoms with van der Waals surface area (Å²) in [5.74, 6) is -1.43. The third kappa shape index (κ3) is 2.71. The number of urea groups is 1. The number of amides is 3. The number of hydrogen-bond donors (Lipinski definition) is 1. The van der Waals surface area contributed by atoms with Crippen LogP contribution < -0.4 is 0 Å². The lowest BCUT2D eigenvalue weighted by Gasteiger charge is -2.27. The average Bonchev–Trinajstić information content (AvgIpc) is 3.09. The van der Waals surface area contributed by atoms with Gasteiger partial charge in [0.05, 0.1) is 5.56 Å². The highest BCUT2D eigenvalue weighted by Crippen LogP contribution is 2.43. The maximum Gasteiger partial charge on any atom is 0.319 e. The highest BCUT2D eigenvalue weighted by atomic mass is 16.4. The summed E-state index contributed by atoms with van der Waals surface area (Å²) in [6.07, 6.45) is 1.62. The molecule has 0 aromatic carbocycles. The Kier molecular flexibility index (Phi) is 4.14. The Morgan fingerprint density at radius 1 is 1.24 bits per heavy atom. The zero-order valence-corrected chi connectivity index (χ0v) is 14.6. The Morgan fingerprint density at radius 2 is 1.88 bits per heavy atom. The average molecular weight is 346 g/mol. The maximum absolute atomic E-state index is 12.8. The number of likely N-dealkylation sites (tertiary alicyclic amines) is 2. The number of aryl methyl sites for hydroxylation is 1. The summed E-state index contributed by atoms with van der Waals surface area (Å²) in [7, 11) is 3.29. The highest BCUT2D eigenvalue weighted by molar-refractivity contribution is 5.96. The van der Waals surface area contributed by atoms with E-state index in [1.807, 2.05) is 0 Å². The van der Waals surface area contributed by atoms with E-state index in [0.29, 0.717) is 24.3 Å². The van der Waals surface area contributed by atoms with Gasteiger partial charge in [0, 0.05) is 58.1 Å². The summed E-state index contributed by atoms with van der Waals surface area (Å²) >= 11 is 0. The van der Waals surface area contributed by atoms with Crippen LogP contribution in [0.4, 0.5) is 4.79 Å². The quantitative estimate of drug-likeness (QED) is 0.843. The first kappa shape index (κ1) is 17.2. The molecule has 2 aliphatic heterocycles. The highest BCUT2D eigenvalue weighted by Gasteiger charge is 2.59. The Bertz CT molecular complexity index is 735. The van der Waals surface area contributed by atoms with Crippen molar-refractivity contribution in [2.24, 2.45) is 11.3 Å². The van der Waals surface area contributed by atoms with E-state index in [1.54, 1.807) is 49.1 Å². The van der Waals surface area contributed by atoms with Gasteiger partial charge in [-0.1, -0.05) is 0 Å². The van der Waals surface area contributed by atoms with E-state index in [2.05, 4.69) is 4.98 Å². The number of aliphatic carboxylic acids is 1. The van der Waals surface area contributed by atoms with Gasteiger partial charge < -0.3 is 19.8 Å². The van der Waals surface area contributed by atoms with Crippen LogP contribution in [0.1, 0.15) is 16.1 Å². The molecular formula is C17H22N4O4. The van der Waals surface area contributed by atoms with Crippen molar-refractivity contribution < 1.29 is 19.5 Å². The van der Waals surface area contributed by atoms with Crippen molar-refractivity contribution in [3.8, 4) is 0 Å². The van der Waals surface area contributed by atoms with E-state index < -0.39 is 11.4 Å². The number of carbonyl (C=O) groups is 3. The number of aromatic nitrogens is 1. The van der Waals surface area contributed by atoms with Crippen LogP contribution >= 0.6 is 0 Å². The molecule has 2 fully saturated rings. The van der Waals surface area contributed by atoms with E-state index in [-0.39, 0.29) is 30.9 Å². The van der Waals surface area contributed by atoms with Crippen LogP contribution in [0.3, 0.4) is 0 Å². The minimum Gasteiger partial charge on any atom is -0.481 e. The van der Waals surface area contributed by atoms with Gasteiger partial charge in [0.15, 0.2) is 0 Å². The monoisotopic (exact) mass is 346 g/mol. The van der Waals surface area contributed by atoms with E-state index in [4.69, 9.17) is 0 Å². The second-order valence-electron chi connectivity index (χ2n) is 7.04. The Balaban J connectivity index is 1.83. The number of pyridine rings is 1. The fourth-order valence-electron chi connectivity index (χ4n) is 3.83. The molecule has 3 heterocycles. The molecule has 0 radical (unpaired) electrons. The predicted octanol–water partition coefficient (Wildman–Crippen LogP) is 0.530. The van der Waals surface area contributed by atoms with Gasteiger partial charge in [0.1, 0.15) is 5.41 Å². The van der Waals surface area contributed by atoms with E-state index in [1.165, 1.54) is 4.90 Å². The summed E-state index contributed by atoms with van der Waals surface area (Å²) in [6, 6.07) is 3.20. The molecule has 3 rings (SSSR count). The minimum absolute atomic E-state index is 0.109. The summed E-state index contributed by atoms with van der Waals surface area (Å²) < 4.78 is 0. The number of carboxylic acid groups (broad SMARTS) is 1. The van der Waals surface area contributed by atoms with E-state index in [9.17, 15) is 19.5 Å². The summed E-state index contributed by atoms with van der Waals surface area (Å²) in [5, 5.41) is 9.84. The van der Waals surface area contributed by atoms with Gasteiger partial charge in [-0.05, 0) is 19.1 Å². The fourth-order valence-corrected chi connectivity index (χ4v) is 3.83. The molecule has 2 aliphatic rings. The number of fused-ring (bicyclic) bond motifs is 1. The lowest BCUT2D eigenvalue weighted by Crippen LogP contribution is -2.45. The molecule has 8 nitrogen and oxygen atoms in total. The second-order valence-corrected chi connectivity index (χ2v) is 7.04. The molecule has 134 valence electrons. The zero-order valence-electron chi connectivity index (χ0n) is 14.6. The van der Waals surface area contributed by atoms with Crippen LogP contribution in [-0.2, 0) is 4.79 Å². The van der Waals surface area contributed by atoms with Crippen molar-refractivity contribution in [2.45, 2.75) is 6.92 Å². The number of carboxylic acids is 1. The Morgan fingerprint density at radius 3 is 2.44 bits per heavy atom. The van der Waals surface area contributed by atoms with Gasteiger partial charge in [-0.2, -0.15) is 0 Å². The number of carbonyl (C=O) groups excluding carboxylic acids is 2. The Labute approximate surface area is 146 Å². The van der Waals surface area contributed by atoms with Crippen molar-refractivity contribution in [3.63, 3.8) is 0 Å². The molecule has 0 aliphatic carbocycles. The first-order valence-electron chi connectivity index (χ1n) is 8.17. The predicted molar refractivity (Wildman–Crippen MR) is 89.1 cm³/mol. The largest absolute Gasteiger partial charge is 0.481 e. The third-order valence-corrected chi connectivity index (χ3v) is 5.21. The molecule has 2 atom stereocenters.